The van der Waals surface area contributed by atoms with Gasteiger partial charge in [-0.1, -0.05) is 12.1 Å². The number of ether oxygens (including phenoxy) is 2. The van der Waals surface area contributed by atoms with Gasteiger partial charge in [0.15, 0.2) is 17.3 Å². The smallest absolute Gasteiger partial charge is 0.387 e. The number of hydrogen-bond acceptors (Lipinski definition) is 6. The maximum absolute atomic E-state index is 13.1. The second-order valence-electron chi connectivity index (χ2n) is 7.19. The van der Waals surface area contributed by atoms with Crippen LogP contribution in [0.1, 0.15) is 59.3 Å². The maximum atomic E-state index is 13.1. The van der Waals surface area contributed by atoms with Crippen LogP contribution < -0.4 is 10.1 Å². The van der Waals surface area contributed by atoms with Gasteiger partial charge in [-0.2, -0.15) is 8.78 Å². The van der Waals surface area contributed by atoms with Gasteiger partial charge in [0, 0.05) is 19.1 Å². The average Bonchev–Trinajstić information content (AvgIpc) is 3.55. The first-order valence-electron chi connectivity index (χ1n) is 9.55. The quantitative estimate of drug-likeness (QED) is 0.710. The Bertz CT molecular complexity index is 899. The highest BCUT2D eigenvalue weighted by Crippen LogP contribution is 2.41. The zero-order valence-corrected chi connectivity index (χ0v) is 15.6. The fourth-order valence-electron chi connectivity index (χ4n) is 3.55. The fraction of sp³-hybridized carbons (Fsp3) is 0.450. The van der Waals surface area contributed by atoms with E-state index in [4.69, 9.17) is 9.47 Å². The highest BCUT2D eigenvalue weighted by molar-refractivity contribution is 5.92. The highest BCUT2D eigenvalue weighted by Gasteiger charge is 2.28. The van der Waals surface area contributed by atoms with E-state index >= 15 is 0 Å². The lowest BCUT2D eigenvalue weighted by atomic mass is 9.90. The first-order chi connectivity index (χ1) is 14.0. The molecule has 2 fully saturated rings. The molecule has 0 amide bonds. The van der Waals surface area contributed by atoms with Crippen LogP contribution in [0.2, 0.25) is 0 Å². The lowest BCUT2D eigenvalue weighted by Crippen LogP contribution is -2.17. The van der Waals surface area contributed by atoms with Gasteiger partial charge in [-0.25, -0.2) is 14.8 Å². The summed E-state index contributed by atoms with van der Waals surface area (Å²) < 4.78 is 36.5. The van der Waals surface area contributed by atoms with E-state index in [-0.39, 0.29) is 34.8 Å². The topological polar surface area (TPSA) is 93.6 Å². The number of para-hydroxylation sites is 1. The SMILES string of the molecule is O=C(O)c1nc(C2CC2)cnc1Nc1cccc(C2CCOCC2)c1OC(F)F. The van der Waals surface area contributed by atoms with Crippen molar-refractivity contribution in [2.45, 2.75) is 44.1 Å². The minimum absolute atomic E-state index is 0.00110. The number of hydrogen-bond donors (Lipinski definition) is 2. The van der Waals surface area contributed by atoms with E-state index in [1.165, 1.54) is 6.20 Å². The Balaban J connectivity index is 1.70. The predicted molar refractivity (Wildman–Crippen MR) is 100 cm³/mol. The van der Waals surface area contributed by atoms with Gasteiger partial charge in [0.05, 0.1) is 17.6 Å². The number of halogens is 2. The normalized spacial score (nSPS) is 17.3. The van der Waals surface area contributed by atoms with E-state index in [9.17, 15) is 18.7 Å². The van der Waals surface area contributed by atoms with Gasteiger partial charge in [-0.05, 0) is 43.2 Å². The van der Waals surface area contributed by atoms with Gasteiger partial charge in [-0.3, -0.25) is 0 Å². The van der Waals surface area contributed by atoms with E-state index < -0.39 is 12.6 Å². The van der Waals surface area contributed by atoms with Crippen molar-refractivity contribution in [2.75, 3.05) is 18.5 Å². The van der Waals surface area contributed by atoms with E-state index in [2.05, 4.69) is 15.3 Å². The van der Waals surface area contributed by atoms with Crippen LogP contribution in [0, 0.1) is 0 Å². The number of nitrogens with one attached hydrogen (secondary N) is 1. The van der Waals surface area contributed by atoms with Crippen LogP contribution in [0.5, 0.6) is 5.75 Å². The third-order valence-corrected chi connectivity index (χ3v) is 5.16. The lowest BCUT2D eigenvalue weighted by Gasteiger charge is -2.25. The van der Waals surface area contributed by atoms with Gasteiger partial charge >= 0.3 is 12.6 Å². The van der Waals surface area contributed by atoms with Gasteiger partial charge in [0.25, 0.3) is 0 Å². The number of aromatic carboxylic acids is 1. The van der Waals surface area contributed by atoms with Crippen LogP contribution in [0.4, 0.5) is 20.3 Å². The van der Waals surface area contributed by atoms with Crippen LogP contribution in [0.15, 0.2) is 24.4 Å². The van der Waals surface area contributed by atoms with Crippen molar-refractivity contribution in [2.24, 2.45) is 0 Å². The van der Waals surface area contributed by atoms with E-state index in [1.807, 2.05) is 0 Å². The summed E-state index contributed by atoms with van der Waals surface area (Å²) >= 11 is 0. The number of aromatic nitrogens is 2. The molecule has 1 aliphatic carbocycles. The molecule has 2 heterocycles. The second-order valence-corrected chi connectivity index (χ2v) is 7.19. The van der Waals surface area contributed by atoms with Crippen LogP contribution in [-0.4, -0.2) is 40.9 Å². The minimum Gasteiger partial charge on any atom is -0.476 e. The number of alkyl halides is 2. The summed E-state index contributed by atoms with van der Waals surface area (Å²) in [5.74, 6) is -0.992. The highest BCUT2D eigenvalue weighted by atomic mass is 19.3. The molecule has 7 nitrogen and oxygen atoms in total. The number of carbonyl (C=O) groups is 1. The molecule has 2 N–H and O–H groups in total. The summed E-state index contributed by atoms with van der Waals surface area (Å²) in [6.07, 6.45) is 4.83. The fourth-order valence-corrected chi connectivity index (χ4v) is 3.55. The molecule has 29 heavy (non-hydrogen) atoms. The molecule has 1 aromatic carbocycles. The van der Waals surface area contributed by atoms with Crippen molar-refractivity contribution in [3.63, 3.8) is 0 Å². The molecule has 2 aromatic rings. The summed E-state index contributed by atoms with van der Waals surface area (Å²) in [7, 11) is 0. The molecule has 4 rings (SSSR count). The molecule has 1 saturated heterocycles. The second kappa shape index (κ2) is 8.28. The Morgan fingerprint density at radius 3 is 2.62 bits per heavy atom. The molecule has 1 aliphatic heterocycles. The van der Waals surface area contributed by atoms with Crippen molar-refractivity contribution in [1.29, 1.82) is 0 Å². The summed E-state index contributed by atoms with van der Waals surface area (Å²) in [5, 5.41) is 12.4. The number of carboxylic acid groups (broad SMARTS) is 1. The van der Waals surface area contributed by atoms with Crippen molar-refractivity contribution in [1.82, 2.24) is 9.97 Å². The number of carboxylic acids is 1. The molecule has 0 radical (unpaired) electrons. The van der Waals surface area contributed by atoms with Crippen LogP contribution in [0.25, 0.3) is 0 Å². The predicted octanol–water partition coefficient (Wildman–Crippen LogP) is 4.29. The zero-order valence-electron chi connectivity index (χ0n) is 15.6. The van der Waals surface area contributed by atoms with Crippen molar-refractivity contribution >= 4 is 17.5 Å². The molecule has 0 spiro atoms. The van der Waals surface area contributed by atoms with E-state index in [1.54, 1.807) is 18.2 Å². The average molecular weight is 405 g/mol. The number of benzene rings is 1. The van der Waals surface area contributed by atoms with Gasteiger partial charge in [-0.15, -0.1) is 0 Å². The summed E-state index contributed by atoms with van der Waals surface area (Å²) in [4.78, 5) is 20.1. The molecule has 1 saturated carbocycles. The zero-order chi connectivity index (χ0) is 20.4. The minimum atomic E-state index is -3.01. The molecule has 0 bridgehead atoms. The maximum Gasteiger partial charge on any atom is 0.387 e. The third-order valence-electron chi connectivity index (χ3n) is 5.16. The van der Waals surface area contributed by atoms with Gasteiger partial charge in [0.2, 0.25) is 0 Å². The summed E-state index contributed by atoms with van der Waals surface area (Å²) in [5.41, 5.74) is 1.25. The Labute approximate surface area is 166 Å². The van der Waals surface area contributed by atoms with E-state index in [0.29, 0.717) is 37.3 Å². The van der Waals surface area contributed by atoms with Gasteiger partial charge < -0.3 is 19.9 Å². The molecule has 2 aliphatic rings. The Morgan fingerprint density at radius 2 is 1.97 bits per heavy atom. The summed E-state index contributed by atoms with van der Waals surface area (Å²) in [6, 6.07) is 5.03. The van der Waals surface area contributed by atoms with Crippen molar-refractivity contribution < 1.29 is 28.2 Å². The standard InChI is InChI=1S/C20H21F2N3O4/c21-20(22)29-17-13(11-6-8-28-9-7-11)2-1-3-14(17)25-18-16(19(26)27)24-15(10-23-18)12-4-5-12/h1-3,10-12,20H,4-9H2,(H,23,25)(H,26,27). The van der Waals surface area contributed by atoms with Crippen LogP contribution >= 0.6 is 0 Å². The van der Waals surface area contributed by atoms with Crippen molar-refractivity contribution in [3.05, 3.63) is 41.3 Å². The molecule has 154 valence electrons. The Morgan fingerprint density at radius 1 is 1.21 bits per heavy atom. The molecule has 9 heteroatoms. The van der Waals surface area contributed by atoms with Crippen LogP contribution in [0.3, 0.4) is 0 Å². The molecule has 1 aromatic heterocycles. The number of rotatable bonds is 7. The third kappa shape index (κ3) is 4.45. The summed E-state index contributed by atoms with van der Waals surface area (Å²) in [6.45, 7) is -1.92. The largest absolute Gasteiger partial charge is 0.476 e. The molecular formula is C20H21F2N3O4. The number of nitrogens with zero attached hydrogens (tertiary/aromatic N) is 2. The molecule has 0 unspecified atom stereocenters. The van der Waals surface area contributed by atoms with Crippen molar-refractivity contribution in [3.8, 4) is 5.75 Å². The Hall–Kier alpha value is -2.81. The van der Waals surface area contributed by atoms with Crippen LogP contribution in [-0.2, 0) is 4.74 Å². The Kier molecular flexibility index (Phi) is 5.57. The van der Waals surface area contributed by atoms with Gasteiger partial charge in [0.1, 0.15) is 0 Å². The number of anilines is 2. The molecular weight excluding hydrogens is 384 g/mol. The first-order valence-corrected chi connectivity index (χ1v) is 9.55. The monoisotopic (exact) mass is 405 g/mol. The van der Waals surface area contributed by atoms with E-state index in [0.717, 1.165) is 12.8 Å². The lowest BCUT2D eigenvalue weighted by molar-refractivity contribution is -0.0504. The first kappa shape index (κ1) is 19.5. The molecule has 0 atom stereocenters.